The molecule has 4 rings (SSSR count). The Morgan fingerprint density at radius 1 is 1.06 bits per heavy atom. The molecule has 0 N–H and O–H groups in total. The van der Waals surface area contributed by atoms with Crippen molar-refractivity contribution in [3.05, 3.63) is 72.2 Å². The summed E-state index contributed by atoms with van der Waals surface area (Å²) >= 11 is 0. The number of methoxy groups -OCH3 is 2. The van der Waals surface area contributed by atoms with E-state index >= 15 is 0 Å². The summed E-state index contributed by atoms with van der Waals surface area (Å²) < 4.78 is 10.5. The lowest BCUT2D eigenvalue weighted by Gasteiger charge is -2.32. The van der Waals surface area contributed by atoms with Gasteiger partial charge in [0, 0.05) is 30.8 Å². The molecule has 6 heteroatoms. The van der Waals surface area contributed by atoms with Gasteiger partial charge in [0.25, 0.3) is 0 Å². The number of likely N-dealkylation sites (tertiary alicyclic amines) is 1. The lowest BCUT2D eigenvalue weighted by atomic mass is 9.94. The molecule has 1 aromatic heterocycles. The third-order valence-corrected chi connectivity index (χ3v) is 5.73. The first-order valence-corrected chi connectivity index (χ1v) is 10.5. The third-order valence-electron chi connectivity index (χ3n) is 5.73. The van der Waals surface area contributed by atoms with Crippen LogP contribution in [0.2, 0.25) is 0 Å². The number of nitrogens with zero attached hydrogens (tertiary/aromatic N) is 3. The molecule has 2 aromatic carbocycles. The van der Waals surface area contributed by atoms with Gasteiger partial charge in [-0.25, -0.2) is 4.98 Å². The summed E-state index contributed by atoms with van der Waals surface area (Å²) in [5.74, 6) is 1.92. The van der Waals surface area contributed by atoms with Crippen molar-refractivity contribution in [3.8, 4) is 22.8 Å². The van der Waals surface area contributed by atoms with Crippen LogP contribution >= 0.6 is 0 Å². The number of piperidine rings is 1. The van der Waals surface area contributed by atoms with Crippen molar-refractivity contribution in [1.82, 2.24) is 14.9 Å². The first kappa shape index (κ1) is 20.8. The second-order valence-corrected chi connectivity index (χ2v) is 7.76. The maximum Gasteiger partial charge on any atom is 0.227 e. The SMILES string of the molecule is COc1ccc(CC(=O)N2CCCC(c3cncc(-c4cccc(OC)c4)n3)C2)cc1. The lowest BCUT2D eigenvalue weighted by Crippen LogP contribution is -2.40. The zero-order chi connectivity index (χ0) is 21.6. The molecule has 3 aromatic rings. The van der Waals surface area contributed by atoms with E-state index in [2.05, 4.69) is 4.98 Å². The minimum absolute atomic E-state index is 0.145. The summed E-state index contributed by atoms with van der Waals surface area (Å²) in [6.07, 6.45) is 5.96. The Morgan fingerprint density at radius 3 is 2.65 bits per heavy atom. The molecular formula is C25H27N3O3. The van der Waals surface area contributed by atoms with Gasteiger partial charge in [0.05, 0.1) is 38.2 Å². The van der Waals surface area contributed by atoms with Gasteiger partial charge < -0.3 is 14.4 Å². The molecule has 1 saturated heterocycles. The molecular weight excluding hydrogens is 390 g/mol. The number of amides is 1. The summed E-state index contributed by atoms with van der Waals surface area (Å²) in [5, 5.41) is 0. The molecule has 6 nitrogen and oxygen atoms in total. The van der Waals surface area contributed by atoms with Crippen LogP contribution in [-0.2, 0) is 11.2 Å². The van der Waals surface area contributed by atoms with Gasteiger partial charge in [0.1, 0.15) is 11.5 Å². The Kier molecular flexibility index (Phi) is 6.46. The summed E-state index contributed by atoms with van der Waals surface area (Å²) in [6.45, 7) is 1.46. The van der Waals surface area contributed by atoms with E-state index in [1.165, 1.54) is 0 Å². The normalized spacial score (nSPS) is 16.1. The van der Waals surface area contributed by atoms with Gasteiger partial charge in [-0.2, -0.15) is 0 Å². The highest BCUT2D eigenvalue weighted by Gasteiger charge is 2.26. The Bertz CT molecular complexity index is 1040. The first-order valence-electron chi connectivity index (χ1n) is 10.5. The monoisotopic (exact) mass is 417 g/mol. The standard InChI is InChI=1S/C25H27N3O3/c1-30-21-10-8-18(9-11-21)13-25(29)28-12-4-6-20(17-28)24-16-26-15-23(27-24)19-5-3-7-22(14-19)31-2/h3,5,7-11,14-16,20H,4,6,12-13,17H2,1-2H3. The third kappa shape index (κ3) is 5.02. The first-order chi connectivity index (χ1) is 15.2. The quantitative estimate of drug-likeness (QED) is 0.604. The highest BCUT2D eigenvalue weighted by atomic mass is 16.5. The van der Waals surface area contributed by atoms with Gasteiger partial charge >= 0.3 is 0 Å². The maximum atomic E-state index is 12.9. The molecule has 1 aliphatic heterocycles. The fourth-order valence-corrected chi connectivity index (χ4v) is 3.97. The Hall–Kier alpha value is -3.41. The number of rotatable bonds is 6. The number of carbonyl (C=O) groups excluding carboxylic acids is 1. The molecule has 0 spiro atoms. The molecule has 0 radical (unpaired) electrons. The molecule has 1 atom stereocenters. The van der Waals surface area contributed by atoms with Crippen LogP contribution < -0.4 is 9.47 Å². The second kappa shape index (κ2) is 9.60. The van der Waals surface area contributed by atoms with Crippen LogP contribution in [-0.4, -0.2) is 48.1 Å². The summed E-state index contributed by atoms with van der Waals surface area (Å²) in [5.41, 5.74) is 3.71. The van der Waals surface area contributed by atoms with Crippen molar-refractivity contribution >= 4 is 5.91 Å². The molecule has 1 fully saturated rings. The molecule has 0 bridgehead atoms. The van der Waals surface area contributed by atoms with Crippen LogP contribution in [0.1, 0.15) is 30.0 Å². The number of hydrogen-bond donors (Lipinski definition) is 0. The Labute approximate surface area is 182 Å². The average molecular weight is 418 g/mol. The van der Waals surface area contributed by atoms with Crippen LogP contribution in [0.25, 0.3) is 11.3 Å². The summed E-state index contributed by atoms with van der Waals surface area (Å²) in [4.78, 5) is 24.2. The van der Waals surface area contributed by atoms with Gasteiger partial charge in [-0.1, -0.05) is 24.3 Å². The zero-order valence-corrected chi connectivity index (χ0v) is 18.0. The highest BCUT2D eigenvalue weighted by molar-refractivity contribution is 5.79. The minimum Gasteiger partial charge on any atom is -0.497 e. The van der Waals surface area contributed by atoms with Crippen molar-refractivity contribution < 1.29 is 14.3 Å². The van der Waals surface area contributed by atoms with E-state index in [4.69, 9.17) is 14.5 Å². The van der Waals surface area contributed by atoms with Gasteiger partial charge in [0.15, 0.2) is 0 Å². The molecule has 0 aliphatic carbocycles. The number of carbonyl (C=O) groups is 1. The van der Waals surface area contributed by atoms with Crippen molar-refractivity contribution in [1.29, 1.82) is 0 Å². The van der Waals surface area contributed by atoms with E-state index in [9.17, 15) is 4.79 Å². The van der Waals surface area contributed by atoms with E-state index in [1.807, 2.05) is 59.6 Å². The van der Waals surface area contributed by atoms with Crippen LogP contribution in [0.3, 0.4) is 0 Å². The van der Waals surface area contributed by atoms with Crippen LogP contribution in [0.15, 0.2) is 60.9 Å². The number of ether oxygens (including phenoxy) is 2. The Morgan fingerprint density at radius 2 is 1.87 bits per heavy atom. The predicted octanol–water partition coefficient (Wildman–Crippen LogP) is 4.11. The van der Waals surface area contributed by atoms with E-state index in [0.717, 1.165) is 53.4 Å². The maximum absolute atomic E-state index is 12.9. The van der Waals surface area contributed by atoms with Crippen LogP contribution in [0, 0.1) is 0 Å². The van der Waals surface area contributed by atoms with Crippen molar-refractivity contribution in [2.75, 3.05) is 27.3 Å². The van der Waals surface area contributed by atoms with Crippen molar-refractivity contribution in [3.63, 3.8) is 0 Å². The second-order valence-electron chi connectivity index (χ2n) is 7.76. The fourth-order valence-electron chi connectivity index (χ4n) is 3.97. The molecule has 0 saturated carbocycles. The Balaban J connectivity index is 1.46. The predicted molar refractivity (Wildman–Crippen MR) is 119 cm³/mol. The molecule has 1 amide bonds. The van der Waals surface area contributed by atoms with Crippen LogP contribution in [0.4, 0.5) is 0 Å². The molecule has 2 heterocycles. The number of aromatic nitrogens is 2. The largest absolute Gasteiger partial charge is 0.497 e. The summed E-state index contributed by atoms with van der Waals surface area (Å²) in [6, 6.07) is 15.5. The highest BCUT2D eigenvalue weighted by Crippen LogP contribution is 2.28. The van der Waals surface area contributed by atoms with Gasteiger partial charge in [0.2, 0.25) is 5.91 Å². The molecule has 1 unspecified atom stereocenters. The van der Waals surface area contributed by atoms with E-state index in [0.29, 0.717) is 13.0 Å². The smallest absolute Gasteiger partial charge is 0.227 e. The molecule has 160 valence electrons. The van der Waals surface area contributed by atoms with Gasteiger partial charge in [-0.3, -0.25) is 9.78 Å². The zero-order valence-electron chi connectivity index (χ0n) is 18.0. The minimum atomic E-state index is 0.145. The van der Waals surface area contributed by atoms with E-state index in [1.54, 1.807) is 20.4 Å². The topological polar surface area (TPSA) is 64.5 Å². The number of benzene rings is 2. The van der Waals surface area contributed by atoms with Gasteiger partial charge in [-0.05, 0) is 42.7 Å². The van der Waals surface area contributed by atoms with E-state index in [-0.39, 0.29) is 11.8 Å². The van der Waals surface area contributed by atoms with E-state index < -0.39 is 0 Å². The summed E-state index contributed by atoms with van der Waals surface area (Å²) in [7, 11) is 3.29. The van der Waals surface area contributed by atoms with Gasteiger partial charge in [-0.15, -0.1) is 0 Å². The molecule has 31 heavy (non-hydrogen) atoms. The number of hydrogen-bond acceptors (Lipinski definition) is 5. The van der Waals surface area contributed by atoms with Crippen molar-refractivity contribution in [2.24, 2.45) is 0 Å². The lowest BCUT2D eigenvalue weighted by molar-refractivity contribution is -0.131. The molecule has 1 aliphatic rings. The van der Waals surface area contributed by atoms with Crippen LogP contribution in [0.5, 0.6) is 11.5 Å². The average Bonchev–Trinajstić information content (AvgIpc) is 2.84. The van der Waals surface area contributed by atoms with Crippen molar-refractivity contribution in [2.45, 2.75) is 25.2 Å². The fraction of sp³-hybridized carbons (Fsp3) is 0.320.